The van der Waals surface area contributed by atoms with Gasteiger partial charge >= 0.3 is 0 Å². The van der Waals surface area contributed by atoms with Gasteiger partial charge in [-0.2, -0.15) is 0 Å². The van der Waals surface area contributed by atoms with E-state index in [1.54, 1.807) is 0 Å². The van der Waals surface area contributed by atoms with Crippen molar-refractivity contribution in [2.75, 3.05) is 7.11 Å². The number of carboxylic acids is 1. The van der Waals surface area contributed by atoms with Gasteiger partial charge in [0.15, 0.2) is 0 Å². The lowest BCUT2D eigenvalue weighted by Gasteiger charge is -2.18. The Bertz CT molecular complexity index is 489. The van der Waals surface area contributed by atoms with Gasteiger partial charge in [-0.1, -0.05) is 57.4 Å². The number of aliphatic carboxylic acids is 1. The lowest BCUT2D eigenvalue weighted by Crippen LogP contribution is -2.26. The Balaban J connectivity index is 3.15. The van der Waals surface area contributed by atoms with Gasteiger partial charge in [0.2, 0.25) is 0 Å². The molecular weight excluding hydrogens is 264 g/mol. The zero-order chi connectivity index (χ0) is 15.7. The summed E-state index contributed by atoms with van der Waals surface area (Å²) in [5, 5.41) is 11.3. The molecule has 0 aliphatic rings. The van der Waals surface area contributed by atoms with Crippen LogP contribution in [-0.4, -0.2) is 13.1 Å². The zero-order valence-electron chi connectivity index (χ0n) is 13.3. The molecule has 0 spiro atoms. The van der Waals surface area contributed by atoms with Gasteiger partial charge in [-0.15, -0.1) is 0 Å². The molecule has 3 nitrogen and oxygen atoms in total. The van der Waals surface area contributed by atoms with Gasteiger partial charge in [0.1, 0.15) is 11.7 Å². The average Bonchev–Trinajstić information content (AvgIpc) is 2.50. The molecule has 21 heavy (non-hydrogen) atoms. The van der Waals surface area contributed by atoms with Gasteiger partial charge in [-0.3, -0.25) is 0 Å². The summed E-state index contributed by atoms with van der Waals surface area (Å²) in [4.78, 5) is 11.3. The molecule has 1 aromatic carbocycles. The summed E-state index contributed by atoms with van der Waals surface area (Å²) in [6.07, 6.45) is 5.94. The minimum atomic E-state index is -1.24. The number of carbonyl (C=O) groups is 1. The van der Waals surface area contributed by atoms with Crippen LogP contribution in [0.1, 0.15) is 57.1 Å². The highest BCUT2D eigenvalue weighted by Crippen LogP contribution is 2.28. The SMILES string of the molecule is CCCCCCC(=C(OC)C(=O)[O-])c1ccccc1CC. The zero-order valence-corrected chi connectivity index (χ0v) is 13.3. The van der Waals surface area contributed by atoms with Gasteiger partial charge in [0.25, 0.3) is 0 Å². The Morgan fingerprint density at radius 3 is 2.43 bits per heavy atom. The third-order valence-corrected chi connectivity index (χ3v) is 3.67. The van der Waals surface area contributed by atoms with Crippen molar-refractivity contribution in [2.45, 2.75) is 52.4 Å². The second-order valence-electron chi connectivity index (χ2n) is 5.12. The van der Waals surface area contributed by atoms with Crippen LogP contribution < -0.4 is 5.11 Å². The van der Waals surface area contributed by atoms with Crippen molar-refractivity contribution >= 4 is 11.5 Å². The number of carbonyl (C=O) groups excluding carboxylic acids is 1. The third kappa shape index (κ3) is 4.92. The van der Waals surface area contributed by atoms with E-state index in [-0.39, 0.29) is 5.76 Å². The summed E-state index contributed by atoms with van der Waals surface area (Å²) in [7, 11) is 1.39. The number of methoxy groups -OCH3 is 1. The van der Waals surface area contributed by atoms with Crippen LogP contribution in [0.25, 0.3) is 5.57 Å². The predicted molar refractivity (Wildman–Crippen MR) is 83.5 cm³/mol. The molecule has 0 N–H and O–H groups in total. The predicted octanol–water partition coefficient (Wildman–Crippen LogP) is 3.33. The van der Waals surface area contributed by atoms with Crippen molar-refractivity contribution in [1.29, 1.82) is 0 Å². The van der Waals surface area contributed by atoms with Gasteiger partial charge in [0, 0.05) is 5.57 Å². The summed E-state index contributed by atoms with van der Waals surface area (Å²) < 4.78 is 5.10. The quantitative estimate of drug-likeness (QED) is 0.398. The smallest absolute Gasteiger partial charge is 0.145 e. The maximum atomic E-state index is 11.3. The fraction of sp³-hybridized carbons (Fsp3) is 0.500. The number of carboxylic acid groups (broad SMARTS) is 1. The number of aryl methyl sites for hydroxylation is 1. The fourth-order valence-corrected chi connectivity index (χ4v) is 2.55. The van der Waals surface area contributed by atoms with E-state index in [2.05, 4.69) is 13.8 Å². The first-order valence-corrected chi connectivity index (χ1v) is 7.72. The molecule has 3 heteroatoms. The van der Waals surface area contributed by atoms with E-state index in [9.17, 15) is 9.90 Å². The Hall–Kier alpha value is -1.77. The van der Waals surface area contributed by atoms with Crippen molar-refractivity contribution in [3.63, 3.8) is 0 Å². The second-order valence-corrected chi connectivity index (χ2v) is 5.12. The number of allylic oxidation sites excluding steroid dienone is 1. The molecule has 0 aliphatic heterocycles. The molecule has 0 saturated carbocycles. The van der Waals surface area contributed by atoms with Crippen molar-refractivity contribution in [3.8, 4) is 0 Å². The van der Waals surface area contributed by atoms with Crippen LogP contribution >= 0.6 is 0 Å². The minimum absolute atomic E-state index is 0.0348. The summed E-state index contributed by atoms with van der Waals surface area (Å²) in [5.41, 5.74) is 2.86. The summed E-state index contributed by atoms with van der Waals surface area (Å²) in [6.45, 7) is 4.23. The van der Waals surface area contributed by atoms with E-state index in [1.807, 2.05) is 24.3 Å². The second kappa shape index (κ2) is 9.22. The lowest BCUT2D eigenvalue weighted by atomic mass is 9.93. The van der Waals surface area contributed by atoms with Gasteiger partial charge in [-0.05, 0) is 30.4 Å². The highest BCUT2D eigenvalue weighted by Gasteiger charge is 2.14. The molecule has 0 aliphatic carbocycles. The van der Waals surface area contributed by atoms with Crippen LogP contribution in [0.5, 0.6) is 0 Å². The largest absolute Gasteiger partial charge is 0.542 e. The Labute approximate surface area is 127 Å². The van der Waals surface area contributed by atoms with E-state index in [1.165, 1.54) is 7.11 Å². The first kappa shape index (κ1) is 17.3. The Kier molecular flexibility index (Phi) is 7.59. The molecular formula is C18H25O3-. The molecule has 0 atom stereocenters. The standard InChI is InChI=1S/C18H26O3/c1-4-6-7-8-13-16(17(21-3)18(19)20)15-12-10-9-11-14(15)5-2/h9-12H,4-8,13H2,1-3H3,(H,19,20)/p-1. The molecule has 116 valence electrons. The maximum absolute atomic E-state index is 11.3. The van der Waals surface area contributed by atoms with Gasteiger partial charge < -0.3 is 14.6 Å². The lowest BCUT2D eigenvalue weighted by molar-refractivity contribution is -0.302. The molecule has 0 heterocycles. The van der Waals surface area contributed by atoms with E-state index in [4.69, 9.17) is 4.74 Å². The molecule has 0 radical (unpaired) electrons. The number of benzene rings is 1. The van der Waals surface area contributed by atoms with Crippen LogP contribution in [-0.2, 0) is 16.0 Å². The maximum Gasteiger partial charge on any atom is 0.145 e. The van der Waals surface area contributed by atoms with Crippen molar-refractivity contribution in [1.82, 2.24) is 0 Å². The molecule has 0 fully saturated rings. The molecule has 0 amide bonds. The first-order valence-electron chi connectivity index (χ1n) is 7.72. The summed E-state index contributed by atoms with van der Waals surface area (Å²) >= 11 is 0. The van der Waals surface area contributed by atoms with Crippen molar-refractivity contribution in [3.05, 3.63) is 41.2 Å². The van der Waals surface area contributed by atoms with E-state index < -0.39 is 5.97 Å². The number of hydrogen-bond acceptors (Lipinski definition) is 3. The molecule has 0 bridgehead atoms. The molecule has 1 rings (SSSR count). The number of ether oxygens (including phenoxy) is 1. The summed E-state index contributed by atoms with van der Waals surface area (Å²) in [5.74, 6) is -1.28. The highest BCUT2D eigenvalue weighted by molar-refractivity contribution is 5.93. The molecule has 0 aromatic heterocycles. The van der Waals surface area contributed by atoms with Gasteiger partial charge in [-0.25, -0.2) is 0 Å². The normalized spacial score (nSPS) is 12.0. The monoisotopic (exact) mass is 289 g/mol. The molecule has 1 aromatic rings. The first-order chi connectivity index (χ1) is 10.2. The minimum Gasteiger partial charge on any atom is -0.542 e. The van der Waals surface area contributed by atoms with Crippen LogP contribution in [0.2, 0.25) is 0 Å². The summed E-state index contributed by atoms with van der Waals surface area (Å²) in [6, 6.07) is 7.91. The van der Waals surface area contributed by atoms with Crippen molar-refractivity contribution < 1.29 is 14.6 Å². The fourth-order valence-electron chi connectivity index (χ4n) is 2.55. The van der Waals surface area contributed by atoms with E-state index in [0.29, 0.717) is 6.42 Å². The van der Waals surface area contributed by atoms with E-state index in [0.717, 1.165) is 48.8 Å². The molecule has 0 saturated heterocycles. The van der Waals surface area contributed by atoms with Crippen LogP contribution in [0, 0.1) is 0 Å². The van der Waals surface area contributed by atoms with Crippen LogP contribution in [0.4, 0.5) is 0 Å². The van der Waals surface area contributed by atoms with Crippen LogP contribution in [0.3, 0.4) is 0 Å². The topological polar surface area (TPSA) is 49.4 Å². The Morgan fingerprint density at radius 2 is 1.86 bits per heavy atom. The number of unbranched alkanes of at least 4 members (excludes halogenated alkanes) is 3. The van der Waals surface area contributed by atoms with Crippen molar-refractivity contribution in [2.24, 2.45) is 0 Å². The van der Waals surface area contributed by atoms with Gasteiger partial charge in [0.05, 0.1) is 7.11 Å². The average molecular weight is 289 g/mol. The number of rotatable bonds is 9. The number of hydrogen-bond donors (Lipinski definition) is 0. The third-order valence-electron chi connectivity index (χ3n) is 3.67. The molecule has 0 unspecified atom stereocenters. The Morgan fingerprint density at radius 1 is 1.14 bits per heavy atom. The van der Waals surface area contributed by atoms with E-state index >= 15 is 0 Å². The highest BCUT2D eigenvalue weighted by atomic mass is 16.5. The van der Waals surface area contributed by atoms with Crippen LogP contribution in [0.15, 0.2) is 30.0 Å².